The van der Waals surface area contributed by atoms with Crippen molar-refractivity contribution < 1.29 is 0 Å². The highest BCUT2D eigenvalue weighted by molar-refractivity contribution is 9.10. The molecule has 0 unspecified atom stereocenters. The fourth-order valence-corrected chi connectivity index (χ4v) is 5.24. The molecule has 152 valence electrons. The summed E-state index contributed by atoms with van der Waals surface area (Å²) in [7, 11) is 0. The number of fused-ring (bicyclic) bond motifs is 1. The molecule has 5 rings (SSSR count). The Bertz CT molecular complexity index is 1360. The van der Waals surface area contributed by atoms with Crippen LogP contribution >= 0.6 is 27.7 Å². The van der Waals surface area contributed by atoms with Gasteiger partial charge in [0.1, 0.15) is 0 Å². The summed E-state index contributed by atoms with van der Waals surface area (Å²) >= 11 is 5.30. The molecule has 0 atom stereocenters. The van der Waals surface area contributed by atoms with Gasteiger partial charge in [0.2, 0.25) is 0 Å². The summed E-state index contributed by atoms with van der Waals surface area (Å²) in [6.07, 6.45) is 0. The van der Waals surface area contributed by atoms with Crippen LogP contribution in [0.4, 0.5) is 0 Å². The van der Waals surface area contributed by atoms with E-state index in [0.29, 0.717) is 0 Å². The molecule has 0 fully saturated rings. The van der Waals surface area contributed by atoms with Gasteiger partial charge in [-0.2, -0.15) is 0 Å². The molecule has 5 heteroatoms. The van der Waals surface area contributed by atoms with Crippen molar-refractivity contribution >= 4 is 38.5 Å². The minimum Gasteiger partial charge on any atom is -0.270 e. The second-order valence-corrected chi connectivity index (χ2v) is 9.22. The van der Waals surface area contributed by atoms with Crippen LogP contribution in [0.15, 0.2) is 101 Å². The Hall–Kier alpha value is -2.89. The molecule has 3 nitrogen and oxygen atoms in total. The van der Waals surface area contributed by atoms with Crippen molar-refractivity contribution in [2.75, 3.05) is 0 Å². The Labute approximate surface area is 194 Å². The highest BCUT2D eigenvalue weighted by Gasteiger charge is 2.17. The lowest BCUT2D eigenvalue weighted by Gasteiger charge is -2.12. The molecule has 1 aromatic heterocycles. The van der Waals surface area contributed by atoms with Crippen LogP contribution in [-0.4, -0.2) is 14.8 Å². The van der Waals surface area contributed by atoms with E-state index < -0.39 is 0 Å². The molecular formula is C26H20BrN3S. The Kier molecular flexibility index (Phi) is 5.62. The van der Waals surface area contributed by atoms with Crippen LogP contribution in [0.25, 0.3) is 27.8 Å². The standard InChI is InChI=1S/C26H20BrN3S/c1-18-14-15-19-8-5-6-13-23(19)24(18)17-31-26-29-28-25(20-9-7-10-21(27)16-20)30(26)22-11-3-2-4-12-22/h2-16H,17H2,1H3. The van der Waals surface area contributed by atoms with Crippen LogP contribution in [0.5, 0.6) is 0 Å². The number of halogens is 1. The predicted molar refractivity (Wildman–Crippen MR) is 133 cm³/mol. The van der Waals surface area contributed by atoms with Crippen molar-refractivity contribution in [3.05, 3.63) is 107 Å². The third-order valence-electron chi connectivity index (χ3n) is 5.35. The summed E-state index contributed by atoms with van der Waals surface area (Å²) in [6.45, 7) is 2.18. The van der Waals surface area contributed by atoms with Crippen molar-refractivity contribution in [3.63, 3.8) is 0 Å². The second kappa shape index (κ2) is 8.69. The molecule has 4 aromatic carbocycles. The number of para-hydroxylation sites is 1. The van der Waals surface area contributed by atoms with Gasteiger partial charge in [-0.3, -0.25) is 4.57 Å². The van der Waals surface area contributed by atoms with Gasteiger partial charge in [-0.05, 0) is 53.1 Å². The third-order valence-corrected chi connectivity index (χ3v) is 6.80. The highest BCUT2D eigenvalue weighted by atomic mass is 79.9. The Morgan fingerprint density at radius 3 is 2.48 bits per heavy atom. The lowest BCUT2D eigenvalue weighted by molar-refractivity contribution is 0.886. The topological polar surface area (TPSA) is 30.7 Å². The first-order chi connectivity index (χ1) is 15.2. The predicted octanol–water partition coefficient (Wildman–Crippen LogP) is 7.45. The van der Waals surface area contributed by atoms with Crippen LogP contribution < -0.4 is 0 Å². The lowest BCUT2D eigenvalue weighted by atomic mass is 10.0. The van der Waals surface area contributed by atoms with Gasteiger partial charge in [0.05, 0.1) is 0 Å². The van der Waals surface area contributed by atoms with E-state index in [4.69, 9.17) is 0 Å². The average Bonchev–Trinajstić information content (AvgIpc) is 3.23. The van der Waals surface area contributed by atoms with Crippen molar-refractivity contribution in [2.45, 2.75) is 17.8 Å². The van der Waals surface area contributed by atoms with Crippen LogP contribution in [0.2, 0.25) is 0 Å². The summed E-state index contributed by atoms with van der Waals surface area (Å²) in [5, 5.41) is 12.6. The van der Waals surface area contributed by atoms with E-state index in [1.54, 1.807) is 11.8 Å². The van der Waals surface area contributed by atoms with E-state index in [1.807, 2.05) is 30.3 Å². The number of aromatic nitrogens is 3. The molecule has 0 bridgehead atoms. The molecule has 0 saturated carbocycles. The molecule has 31 heavy (non-hydrogen) atoms. The van der Waals surface area contributed by atoms with Crippen LogP contribution in [-0.2, 0) is 5.75 Å². The first kappa shape index (κ1) is 20.0. The van der Waals surface area contributed by atoms with E-state index >= 15 is 0 Å². The Morgan fingerprint density at radius 1 is 0.839 bits per heavy atom. The molecule has 0 aliphatic carbocycles. The summed E-state index contributed by atoms with van der Waals surface area (Å²) in [5.74, 6) is 1.67. The van der Waals surface area contributed by atoms with Crippen molar-refractivity contribution in [1.82, 2.24) is 14.8 Å². The van der Waals surface area contributed by atoms with E-state index in [9.17, 15) is 0 Å². The number of thioether (sulfide) groups is 1. The monoisotopic (exact) mass is 485 g/mol. The molecule has 0 spiro atoms. The number of hydrogen-bond acceptors (Lipinski definition) is 3. The summed E-state index contributed by atoms with van der Waals surface area (Å²) < 4.78 is 3.17. The number of aryl methyl sites for hydroxylation is 1. The van der Waals surface area contributed by atoms with Crippen molar-refractivity contribution in [1.29, 1.82) is 0 Å². The molecule has 0 N–H and O–H groups in total. The van der Waals surface area contributed by atoms with Crippen LogP contribution in [0.3, 0.4) is 0 Å². The maximum Gasteiger partial charge on any atom is 0.196 e. The molecule has 0 radical (unpaired) electrons. The first-order valence-corrected chi connectivity index (χ1v) is 11.9. The van der Waals surface area contributed by atoms with Crippen LogP contribution in [0.1, 0.15) is 11.1 Å². The summed E-state index contributed by atoms with van der Waals surface area (Å²) in [4.78, 5) is 0. The number of hydrogen-bond donors (Lipinski definition) is 0. The quantitative estimate of drug-likeness (QED) is 0.242. The number of benzene rings is 4. The van der Waals surface area contributed by atoms with Gasteiger partial charge in [-0.25, -0.2) is 0 Å². The molecule has 0 amide bonds. The summed E-state index contributed by atoms with van der Waals surface area (Å²) in [5.41, 5.74) is 4.72. The Morgan fingerprint density at radius 2 is 1.65 bits per heavy atom. The molecule has 0 aliphatic rings. The molecule has 0 aliphatic heterocycles. The van der Waals surface area contributed by atoms with E-state index in [0.717, 1.165) is 32.5 Å². The smallest absolute Gasteiger partial charge is 0.196 e. The lowest BCUT2D eigenvalue weighted by Crippen LogP contribution is -2.00. The van der Waals surface area contributed by atoms with E-state index in [1.165, 1.54) is 21.9 Å². The van der Waals surface area contributed by atoms with E-state index in [2.05, 4.69) is 98.3 Å². The zero-order valence-electron chi connectivity index (χ0n) is 17.0. The number of rotatable bonds is 5. The second-order valence-electron chi connectivity index (χ2n) is 7.36. The maximum absolute atomic E-state index is 4.58. The normalized spacial score (nSPS) is 11.2. The molecular weight excluding hydrogens is 466 g/mol. The SMILES string of the molecule is Cc1ccc2ccccc2c1CSc1nnc(-c2cccc(Br)c2)n1-c1ccccc1. The minimum atomic E-state index is 0.830. The van der Waals surface area contributed by atoms with Gasteiger partial charge in [-0.1, -0.05) is 94.4 Å². The zero-order chi connectivity index (χ0) is 21.2. The summed E-state index contributed by atoms with van der Waals surface area (Å²) in [6, 6.07) is 31.4. The van der Waals surface area contributed by atoms with Gasteiger partial charge < -0.3 is 0 Å². The van der Waals surface area contributed by atoms with Crippen molar-refractivity contribution in [3.8, 4) is 17.1 Å². The minimum absolute atomic E-state index is 0.830. The van der Waals surface area contributed by atoms with Crippen LogP contribution in [0, 0.1) is 6.92 Å². The zero-order valence-corrected chi connectivity index (χ0v) is 19.4. The largest absolute Gasteiger partial charge is 0.270 e. The molecule has 1 heterocycles. The van der Waals surface area contributed by atoms with Gasteiger partial charge >= 0.3 is 0 Å². The van der Waals surface area contributed by atoms with Gasteiger partial charge in [-0.15, -0.1) is 10.2 Å². The van der Waals surface area contributed by atoms with Gasteiger partial charge in [0, 0.05) is 21.5 Å². The van der Waals surface area contributed by atoms with E-state index in [-0.39, 0.29) is 0 Å². The van der Waals surface area contributed by atoms with Crippen molar-refractivity contribution in [2.24, 2.45) is 0 Å². The fraction of sp³-hybridized carbons (Fsp3) is 0.0769. The average molecular weight is 486 g/mol. The van der Waals surface area contributed by atoms with Gasteiger partial charge in [0.25, 0.3) is 0 Å². The maximum atomic E-state index is 4.58. The molecule has 5 aromatic rings. The number of nitrogens with zero attached hydrogens (tertiary/aromatic N) is 3. The highest BCUT2D eigenvalue weighted by Crippen LogP contribution is 2.33. The molecule has 0 saturated heterocycles. The fourth-order valence-electron chi connectivity index (χ4n) is 3.76. The Balaban J connectivity index is 1.57. The first-order valence-electron chi connectivity index (χ1n) is 10.1. The van der Waals surface area contributed by atoms with Gasteiger partial charge in [0.15, 0.2) is 11.0 Å². The third kappa shape index (κ3) is 4.03.